The number of hydrogen-bond donors (Lipinski definition) is 2. The second kappa shape index (κ2) is 12.6. The maximum absolute atomic E-state index is 4.75. The van der Waals surface area contributed by atoms with Crippen molar-refractivity contribution < 1.29 is 0 Å². The zero-order valence-corrected chi connectivity index (χ0v) is 20.2. The van der Waals surface area contributed by atoms with Gasteiger partial charge in [-0.15, -0.1) is 24.0 Å². The van der Waals surface area contributed by atoms with E-state index >= 15 is 0 Å². The number of guanidine groups is 1. The van der Waals surface area contributed by atoms with Gasteiger partial charge in [0.05, 0.1) is 12.2 Å². The Balaban J connectivity index is 0.00000364. The molecule has 0 saturated heterocycles. The largest absolute Gasteiger partial charge is 0.357 e. The summed E-state index contributed by atoms with van der Waals surface area (Å²) in [4.78, 5) is 7.30. The lowest BCUT2D eigenvalue weighted by Crippen LogP contribution is -2.39. The number of halogens is 1. The maximum atomic E-state index is 4.75. The first kappa shape index (κ1) is 24.2. The van der Waals surface area contributed by atoms with Crippen LogP contribution >= 0.6 is 24.0 Å². The molecule has 2 rings (SSSR count). The minimum Gasteiger partial charge on any atom is -0.357 e. The average molecular weight is 490 g/mol. The van der Waals surface area contributed by atoms with Gasteiger partial charge in [0, 0.05) is 37.4 Å². The van der Waals surface area contributed by atoms with Crippen LogP contribution in [0.1, 0.15) is 62.4 Å². The number of aryl methyl sites for hydroxylation is 2. The van der Waals surface area contributed by atoms with Crippen molar-refractivity contribution in [3.05, 3.63) is 17.0 Å². The van der Waals surface area contributed by atoms with Gasteiger partial charge >= 0.3 is 0 Å². The van der Waals surface area contributed by atoms with Crippen molar-refractivity contribution in [1.82, 2.24) is 25.3 Å². The average Bonchev–Trinajstić information content (AvgIpc) is 2.89. The van der Waals surface area contributed by atoms with E-state index in [9.17, 15) is 0 Å². The van der Waals surface area contributed by atoms with Crippen LogP contribution in [0.4, 0.5) is 0 Å². The van der Waals surface area contributed by atoms with E-state index in [1.807, 2.05) is 11.7 Å². The van der Waals surface area contributed by atoms with Crippen LogP contribution in [-0.2, 0) is 13.6 Å². The second-order valence-corrected chi connectivity index (χ2v) is 7.52. The Morgan fingerprint density at radius 3 is 2.52 bits per heavy atom. The van der Waals surface area contributed by atoms with Gasteiger partial charge in [0.25, 0.3) is 0 Å². The van der Waals surface area contributed by atoms with Crippen molar-refractivity contribution in [3.8, 4) is 0 Å². The van der Waals surface area contributed by atoms with Gasteiger partial charge in [-0.05, 0) is 53.6 Å². The van der Waals surface area contributed by atoms with Crippen LogP contribution in [0.3, 0.4) is 0 Å². The third-order valence-corrected chi connectivity index (χ3v) is 5.58. The fraction of sp³-hybridized carbons (Fsp3) is 0.800. The van der Waals surface area contributed by atoms with Gasteiger partial charge < -0.3 is 15.5 Å². The topological polar surface area (TPSA) is 57.5 Å². The molecular weight excluding hydrogens is 451 g/mol. The second-order valence-electron chi connectivity index (χ2n) is 7.52. The summed E-state index contributed by atoms with van der Waals surface area (Å²) in [7, 11) is 4.27. The summed E-state index contributed by atoms with van der Waals surface area (Å²) in [5, 5.41) is 11.3. The third kappa shape index (κ3) is 7.60. The minimum absolute atomic E-state index is 0. The fourth-order valence-corrected chi connectivity index (χ4v) is 3.79. The number of nitrogens with one attached hydrogen (secondary N) is 2. The molecule has 1 aromatic heterocycles. The van der Waals surface area contributed by atoms with Crippen LogP contribution in [0.5, 0.6) is 0 Å². The lowest BCUT2D eigenvalue weighted by atomic mass is 9.94. The molecule has 0 unspecified atom stereocenters. The monoisotopic (exact) mass is 490 g/mol. The van der Waals surface area contributed by atoms with Gasteiger partial charge in [0.2, 0.25) is 0 Å². The Labute approximate surface area is 182 Å². The number of aromatic nitrogens is 2. The van der Waals surface area contributed by atoms with Crippen LogP contribution in [0.25, 0.3) is 0 Å². The molecule has 0 spiro atoms. The summed E-state index contributed by atoms with van der Waals surface area (Å²) in [5.41, 5.74) is 3.48. The first-order chi connectivity index (χ1) is 12.5. The molecule has 2 N–H and O–H groups in total. The van der Waals surface area contributed by atoms with Crippen LogP contribution in [0, 0.1) is 13.8 Å². The van der Waals surface area contributed by atoms with Gasteiger partial charge in [-0.1, -0.05) is 19.3 Å². The number of aliphatic imine (C=N–C) groups is 1. The van der Waals surface area contributed by atoms with E-state index in [1.54, 1.807) is 0 Å². The molecule has 156 valence electrons. The number of nitrogens with zero attached hydrogens (tertiary/aromatic N) is 4. The Hall–Kier alpha value is -0.830. The fourth-order valence-electron chi connectivity index (χ4n) is 3.79. The van der Waals surface area contributed by atoms with Crippen LogP contribution < -0.4 is 10.6 Å². The van der Waals surface area contributed by atoms with Crippen LogP contribution in [0.15, 0.2) is 4.99 Å². The smallest absolute Gasteiger partial charge is 0.191 e. The molecule has 0 amide bonds. The summed E-state index contributed by atoms with van der Waals surface area (Å²) in [6.45, 7) is 9.91. The lowest BCUT2D eigenvalue weighted by Gasteiger charge is -2.31. The molecule has 0 aliphatic heterocycles. The Kier molecular flexibility index (Phi) is 11.3. The molecule has 1 heterocycles. The molecule has 1 saturated carbocycles. The van der Waals surface area contributed by atoms with E-state index in [0.29, 0.717) is 6.54 Å². The van der Waals surface area contributed by atoms with Crippen molar-refractivity contribution in [2.24, 2.45) is 12.0 Å². The zero-order chi connectivity index (χ0) is 18.9. The first-order valence-corrected chi connectivity index (χ1v) is 10.2. The molecule has 0 atom stereocenters. The summed E-state index contributed by atoms with van der Waals surface area (Å²) >= 11 is 0. The summed E-state index contributed by atoms with van der Waals surface area (Å²) in [6.07, 6.45) is 8.11. The molecular formula is C20H39IN6. The predicted octanol–water partition coefficient (Wildman–Crippen LogP) is 3.36. The highest BCUT2D eigenvalue weighted by atomic mass is 127. The molecule has 7 heteroatoms. The standard InChI is InChI=1S/C20H38N6.HI/c1-6-21-20(23-15-19-16(2)24-26(5)17(19)3)22-13-10-14-25(4)18-11-8-7-9-12-18;/h18H,6-15H2,1-5H3,(H2,21,22,23);1H. The molecule has 0 bridgehead atoms. The minimum atomic E-state index is 0. The highest BCUT2D eigenvalue weighted by Crippen LogP contribution is 2.21. The van der Waals surface area contributed by atoms with E-state index < -0.39 is 0 Å². The first-order valence-electron chi connectivity index (χ1n) is 10.2. The molecule has 0 radical (unpaired) electrons. The van der Waals surface area contributed by atoms with Crippen molar-refractivity contribution in [1.29, 1.82) is 0 Å². The van der Waals surface area contributed by atoms with Gasteiger partial charge in [-0.25, -0.2) is 4.99 Å². The highest BCUT2D eigenvalue weighted by molar-refractivity contribution is 14.0. The Bertz CT molecular complexity index is 577. The molecule has 1 fully saturated rings. The van der Waals surface area contributed by atoms with Gasteiger partial charge in [-0.2, -0.15) is 5.10 Å². The number of rotatable bonds is 8. The summed E-state index contributed by atoms with van der Waals surface area (Å²) < 4.78 is 1.93. The molecule has 27 heavy (non-hydrogen) atoms. The molecule has 6 nitrogen and oxygen atoms in total. The van der Waals surface area contributed by atoms with Gasteiger partial charge in [0.1, 0.15) is 0 Å². The van der Waals surface area contributed by atoms with Crippen molar-refractivity contribution in [2.75, 3.05) is 26.7 Å². The van der Waals surface area contributed by atoms with E-state index in [-0.39, 0.29) is 24.0 Å². The third-order valence-electron chi connectivity index (χ3n) is 5.58. The van der Waals surface area contributed by atoms with Crippen molar-refractivity contribution in [3.63, 3.8) is 0 Å². The van der Waals surface area contributed by atoms with E-state index in [1.165, 1.54) is 43.4 Å². The Morgan fingerprint density at radius 2 is 1.93 bits per heavy atom. The molecule has 1 aliphatic rings. The van der Waals surface area contributed by atoms with Crippen LogP contribution in [0.2, 0.25) is 0 Å². The van der Waals surface area contributed by atoms with Gasteiger partial charge in [-0.3, -0.25) is 4.68 Å². The predicted molar refractivity (Wildman–Crippen MR) is 125 cm³/mol. The SMILES string of the molecule is CCNC(=NCc1c(C)nn(C)c1C)NCCCN(C)C1CCCCC1.I. The van der Waals surface area contributed by atoms with Gasteiger partial charge in [0.15, 0.2) is 5.96 Å². The van der Waals surface area contributed by atoms with E-state index in [0.717, 1.165) is 43.8 Å². The van der Waals surface area contributed by atoms with Crippen LogP contribution in [-0.4, -0.2) is 53.4 Å². The summed E-state index contributed by atoms with van der Waals surface area (Å²) in [5.74, 6) is 0.899. The quantitative estimate of drug-likeness (QED) is 0.254. The van der Waals surface area contributed by atoms with E-state index in [2.05, 4.69) is 48.5 Å². The number of hydrogen-bond acceptors (Lipinski definition) is 3. The maximum Gasteiger partial charge on any atom is 0.191 e. The van der Waals surface area contributed by atoms with Crippen molar-refractivity contribution >= 4 is 29.9 Å². The molecule has 1 aliphatic carbocycles. The molecule has 1 aromatic rings. The zero-order valence-electron chi connectivity index (χ0n) is 17.8. The summed E-state index contributed by atoms with van der Waals surface area (Å²) in [6, 6.07) is 0.794. The lowest BCUT2D eigenvalue weighted by molar-refractivity contribution is 0.190. The molecule has 0 aromatic carbocycles. The van der Waals surface area contributed by atoms with E-state index in [4.69, 9.17) is 4.99 Å². The van der Waals surface area contributed by atoms with Crippen molar-refractivity contribution in [2.45, 2.75) is 71.9 Å². The Morgan fingerprint density at radius 1 is 1.22 bits per heavy atom. The highest BCUT2D eigenvalue weighted by Gasteiger charge is 2.17. The normalized spacial score (nSPS) is 15.7.